The Balaban J connectivity index is 1.79. The first-order chi connectivity index (χ1) is 9.21. The second-order valence-corrected chi connectivity index (χ2v) is 5.93. The molecule has 5 nitrogen and oxygen atoms in total. The molecule has 3 rings (SSSR count). The van der Waals surface area contributed by atoms with Crippen molar-refractivity contribution in [2.24, 2.45) is 5.10 Å². The number of hydrazone groups is 1. The quantitative estimate of drug-likeness (QED) is 0.666. The molecule has 2 heterocycles. The van der Waals surface area contributed by atoms with Gasteiger partial charge in [-0.15, -0.1) is 16.3 Å². The van der Waals surface area contributed by atoms with Gasteiger partial charge >= 0.3 is 6.03 Å². The second-order valence-electron chi connectivity index (χ2n) is 4.95. The van der Waals surface area contributed by atoms with Crippen LogP contribution in [-0.4, -0.2) is 28.7 Å². The average Bonchev–Trinajstić information content (AvgIpc) is 2.99. The number of thiophene rings is 1. The summed E-state index contributed by atoms with van der Waals surface area (Å²) in [6, 6.07) is 3.39. The van der Waals surface area contributed by atoms with Gasteiger partial charge in [0.15, 0.2) is 0 Å². The number of nitrogens with one attached hydrogen (secondary N) is 1. The maximum Gasteiger partial charge on any atom is 0.346 e. The lowest BCUT2D eigenvalue weighted by Gasteiger charge is -2.29. The van der Waals surface area contributed by atoms with E-state index in [-0.39, 0.29) is 5.91 Å². The summed E-state index contributed by atoms with van der Waals surface area (Å²) in [5.41, 5.74) is -0.692. The largest absolute Gasteiger partial charge is 0.346 e. The number of hydrogen-bond acceptors (Lipinski definition) is 4. The van der Waals surface area contributed by atoms with Crippen molar-refractivity contribution >= 4 is 29.5 Å². The second kappa shape index (κ2) is 4.77. The van der Waals surface area contributed by atoms with Gasteiger partial charge in [-0.3, -0.25) is 4.79 Å². The fraction of sp³-hybridized carbons (Fsp3) is 0.462. The Labute approximate surface area is 115 Å². The highest BCUT2D eigenvalue weighted by atomic mass is 32.1. The van der Waals surface area contributed by atoms with E-state index in [1.807, 2.05) is 17.5 Å². The molecule has 0 unspecified atom stereocenters. The molecule has 1 aliphatic carbocycles. The summed E-state index contributed by atoms with van der Waals surface area (Å²) >= 11 is 1.52. The van der Waals surface area contributed by atoms with Gasteiger partial charge in [0.25, 0.3) is 5.91 Å². The minimum atomic E-state index is -0.692. The Morgan fingerprint density at radius 1 is 1.32 bits per heavy atom. The smallest absolute Gasteiger partial charge is 0.321 e. The Bertz CT molecular complexity index is 518. The Kier molecular flexibility index (Phi) is 3.10. The molecule has 1 aromatic rings. The van der Waals surface area contributed by atoms with Gasteiger partial charge < -0.3 is 5.32 Å². The molecule has 19 heavy (non-hydrogen) atoms. The SMILES string of the molecule is O=C1NC2(CCCCC2)C(=O)N1N=Cc1cccs1. The molecular weight excluding hydrogens is 262 g/mol. The van der Waals surface area contributed by atoms with Gasteiger partial charge in [0.1, 0.15) is 5.54 Å². The van der Waals surface area contributed by atoms with Gasteiger partial charge in [0.2, 0.25) is 0 Å². The Hall–Kier alpha value is -1.69. The van der Waals surface area contributed by atoms with Crippen LogP contribution in [0.15, 0.2) is 22.6 Å². The lowest BCUT2D eigenvalue weighted by molar-refractivity contribution is -0.132. The lowest BCUT2D eigenvalue weighted by Crippen LogP contribution is -2.48. The highest BCUT2D eigenvalue weighted by molar-refractivity contribution is 7.11. The van der Waals surface area contributed by atoms with E-state index in [4.69, 9.17) is 0 Å². The molecular formula is C13H15N3O2S. The lowest BCUT2D eigenvalue weighted by atomic mass is 9.82. The molecule has 2 fully saturated rings. The van der Waals surface area contributed by atoms with E-state index < -0.39 is 11.6 Å². The van der Waals surface area contributed by atoms with Crippen molar-refractivity contribution in [2.75, 3.05) is 0 Å². The molecule has 0 radical (unpaired) electrons. The minimum absolute atomic E-state index is 0.204. The van der Waals surface area contributed by atoms with Crippen molar-refractivity contribution in [3.8, 4) is 0 Å². The summed E-state index contributed by atoms with van der Waals surface area (Å²) in [5, 5.41) is 9.76. The molecule has 3 amide bonds. The number of carbonyl (C=O) groups excluding carboxylic acids is 2. The normalized spacial score (nSPS) is 22.4. The highest BCUT2D eigenvalue weighted by Crippen LogP contribution is 2.33. The molecule has 100 valence electrons. The summed E-state index contributed by atoms with van der Waals surface area (Å²) in [5.74, 6) is -0.204. The van der Waals surface area contributed by atoms with E-state index in [0.29, 0.717) is 0 Å². The number of urea groups is 1. The minimum Gasteiger partial charge on any atom is -0.321 e. The fourth-order valence-electron chi connectivity index (χ4n) is 2.68. The van der Waals surface area contributed by atoms with Crippen LogP contribution in [-0.2, 0) is 4.79 Å². The molecule has 1 saturated carbocycles. The van der Waals surface area contributed by atoms with E-state index in [1.54, 1.807) is 6.21 Å². The van der Waals surface area contributed by atoms with Crippen LogP contribution >= 0.6 is 11.3 Å². The van der Waals surface area contributed by atoms with Crippen molar-refractivity contribution in [3.63, 3.8) is 0 Å². The van der Waals surface area contributed by atoms with Crippen LogP contribution < -0.4 is 5.32 Å². The fourth-order valence-corrected chi connectivity index (χ4v) is 3.26. The van der Waals surface area contributed by atoms with Crippen LogP contribution in [0.25, 0.3) is 0 Å². The molecule has 6 heteroatoms. The molecule has 1 aromatic heterocycles. The van der Waals surface area contributed by atoms with Gasteiger partial charge in [-0.2, -0.15) is 5.10 Å². The molecule has 1 N–H and O–H groups in total. The van der Waals surface area contributed by atoms with E-state index in [1.165, 1.54) is 11.3 Å². The Morgan fingerprint density at radius 2 is 2.11 bits per heavy atom. The monoisotopic (exact) mass is 277 g/mol. The third-order valence-corrected chi connectivity index (χ3v) is 4.50. The molecule has 0 atom stereocenters. The summed E-state index contributed by atoms with van der Waals surface area (Å²) in [6.45, 7) is 0. The van der Waals surface area contributed by atoms with E-state index in [2.05, 4.69) is 10.4 Å². The first-order valence-corrected chi connectivity index (χ1v) is 7.33. The van der Waals surface area contributed by atoms with E-state index >= 15 is 0 Å². The zero-order valence-electron chi connectivity index (χ0n) is 10.5. The summed E-state index contributed by atoms with van der Waals surface area (Å²) in [6.07, 6.45) is 6.10. The first-order valence-electron chi connectivity index (χ1n) is 6.45. The number of rotatable bonds is 2. The van der Waals surface area contributed by atoms with Gasteiger partial charge in [0, 0.05) is 4.88 Å². The predicted octanol–water partition coefficient (Wildman–Crippen LogP) is 2.34. The van der Waals surface area contributed by atoms with Crippen molar-refractivity contribution in [1.29, 1.82) is 0 Å². The van der Waals surface area contributed by atoms with E-state index in [0.717, 1.165) is 42.0 Å². The van der Waals surface area contributed by atoms with Crippen LogP contribution in [0.2, 0.25) is 0 Å². The number of nitrogens with zero attached hydrogens (tertiary/aromatic N) is 2. The third-order valence-electron chi connectivity index (χ3n) is 3.69. The van der Waals surface area contributed by atoms with Crippen LogP contribution in [0.5, 0.6) is 0 Å². The van der Waals surface area contributed by atoms with Crippen LogP contribution in [0.4, 0.5) is 4.79 Å². The molecule has 1 saturated heterocycles. The zero-order valence-corrected chi connectivity index (χ0v) is 11.3. The molecule has 0 bridgehead atoms. The van der Waals surface area contributed by atoms with Gasteiger partial charge in [-0.1, -0.05) is 25.3 Å². The topological polar surface area (TPSA) is 61.8 Å². The van der Waals surface area contributed by atoms with Crippen molar-refractivity contribution < 1.29 is 9.59 Å². The average molecular weight is 277 g/mol. The van der Waals surface area contributed by atoms with Crippen molar-refractivity contribution in [3.05, 3.63) is 22.4 Å². The molecule has 1 spiro atoms. The summed E-state index contributed by atoms with van der Waals surface area (Å²) in [7, 11) is 0. The molecule has 0 aromatic carbocycles. The maximum atomic E-state index is 12.4. The van der Waals surface area contributed by atoms with Crippen molar-refractivity contribution in [2.45, 2.75) is 37.6 Å². The predicted molar refractivity (Wildman–Crippen MR) is 73.1 cm³/mol. The third kappa shape index (κ3) is 2.16. The van der Waals surface area contributed by atoms with E-state index in [9.17, 15) is 9.59 Å². The summed E-state index contributed by atoms with van der Waals surface area (Å²) < 4.78 is 0. The van der Waals surface area contributed by atoms with Crippen LogP contribution in [0.3, 0.4) is 0 Å². The molecule has 2 aliphatic rings. The standard InChI is InChI=1S/C13H15N3O2S/c17-11-13(6-2-1-3-7-13)15-12(18)16(11)14-9-10-5-4-8-19-10/h4-5,8-9H,1-3,6-7H2,(H,15,18). The van der Waals surface area contributed by atoms with Crippen molar-refractivity contribution in [1.82, 2.24) is 10.3 Å². The first kappa shape index (κ1) is 12.3. The Morgan fingerprint density at radius 3 is 2.79 bits per heavy atom. The van der Waals surface area contributed by atoms with Gasteiger partial charge in [-0.25, -0.2) is 4.79 Å². The highest BCUT2D eigenvalue weighted by Gasteiger charge is 2.51. The number of imide groups is 1. The number of amides is 3. The molecule has 1 aliphatic heterocycles. The van der Waals surface area contributed by atoms with Crippen LogP contribution in [0.1, 0.15) is 37.0 Å². The zero-order chi connectivity index (χ0) is 13.3. The van der Waals surface area contributed by atoms with Gasteiger partial charge in [0.05, 0.1) is 6.21 Å². The van der Waals surface area contributed by atoms with Gasteiger partial charge in [-0.05, 0) is 24.3 Å². The maximum absolute atomic E-state index is 12.4. The van der Waals surface area contributed by atoms with Crippen LogP contribution in [0, 0.1) is 0 Å². The number of carbonyl (C=O) groups is 2. The number of hydrogen-bond donors (Lipinski definition) is 1. The summed E-state index contributed by atoms with van der Waals surface area (Å²) in [4.78, 5) is 25.2.